The van der Waals surface area contributed by atoms with E-state index in [1.165, 1.54) is 6.08 Å². The lowest BCUT2D eigenvalue weighted by Gasteiger charge is -2.15. The number of unbranched alkanes of at least 4 members (excludes halogenated alkanes) is 1. The third-order valence-corrected chi connectivity index (χ3v) is 2.08. The van der Waals surface area contributed by atoms with Crippen molar-refractivity contribution in [2.45, 2.75) is 59.0 Å². The minimum absolute atomic E-state index is 0.114. The van der Waals surface area contributed by atoms with Gasteiger partial charge in [0.2, 0.25) is 0 Å². The Morgan fingerprint density at radius 1 is 1.29 bits per heavy atom. The highest BCUT2D eigenvalue weighted by Crippen LogP contribution is 2.11. The average molecular weight is 198 g/mol. The van der Waals surface area contributed by atoms with Crippen LogP contribution in [0.1, 0.15) is 52.9 Å². The van der Waals surface area contributed by atoms with Crippen molar-refractivity contribution >= 4 is 5.97 Å². The first-order chi connectivity index (χ1) is 6.74. The van der Waals surface area contributed by atoms with E-state index >= 15 is 0 Å². The number of ether oxygens (including phenoxy) is 1. The molecule has 0 aliphatic carbocycles. The number of carbonyl (C=O) groups excluding carboxylic acids is 1. The molecular weight excluding hydrogens is 176 g/mol. The number of carbonyl (C=O) groups is 1. The second-order valence-corrected chi connectivity index (χ2v) is 3.49. The van der Waals surface area contributed by atoms with Gasteiger partial charge in [0, 0.05) is 6.08 Å². The Hall–Kier alpha value is -0.790. The van der Waals surface area contributed by atoms with Crippen LogP contribution in [0.4, 0.5) is 0 Å². The molecule has 2 heteroatoms. The summed E-state index contributed by atoms with van der Waals surface area (Å²) in [4.78, 5) is 11.2. The molecule has 0 fully saturated rings. The van der Waals surface area contributed by atoms with Gasteiger partial charge >= 0.3 is 5.97 Å². The van der Waals surface area contributed by atoms with E-state index in [1.807, 2.05) is 6.92 Å². The van der Waals surface area contributed by atoms with Crippen molar-refractivity contribution in [2.24, 2.45) is 0 Å². The Kier molecular flexibility index (Phi) is 8.30. The summed E-state index contributed by atoms with van der Waals surface area (Å²) >= 11 is 0. The molecule has 0 spiro atoms. The standard InChI is InChI=1S/C12H22O2/c1-4-7-10-11(8-5-2)14-12(13)9-6-3/h6,9,11H,4-5,7-8,10H2,1-3H3. The van der Waals surface area contributed by atoms with E-state index < -0.39 is 0 Å². The van der Waals surface area contributed by atoms with Crippen molar-refractivity contribution in [3.63, 3.8) is 0 Å². The van der Waals surface area contributed by atoms with Crippen LogP contribution in [0.3, 0.4) is 0 Å². The summed E-state index contributed by atoms with van der Waals surface area (Å²) in [6.07, 6.45) is 8.63. The Balaban J connectivity index is 3.87. The van der Waals surface area contributed by atoms with Gasteiger partial charge in [-0.15, -0.1) is 0 Å². The number of hydrogen-bond acceptors (Lipinski definition) is 2. The van der Waals surface area contributed by atoms with Crippen LogP contribution in [0.15, 0.2) is 12.2 Å². The van der Waals surface area contributed by atoms with Crippen LogP contribution in [0.5, 0.6) is 0 Å². The number of hydrogen-bond donors (Lipinski definition) is 0. The van der Waals surface area contributed by atoms with E-state index in [2.05, 4.69) is 13.8 Å². The van der Waals surface area contributed by atoms with Crippen molar-refractivity contribution in [2.75, 3.05) is 0 Å². The molecule has 0 heterocycles. The molecule has 1 unspecified atom stereocenters. The van der Waals surface area contributed by atoms with Crippen LogP contribution in [0.2, 0.25) is 0 Å². The predicted molar refractivity (Wildman–Crippen MR) is 59.1 cm³/mol. The van der Waals surface area contributed by atoms with E-state index in [-0.39, 0.29) is 12.1 Å². The van der Waals surface area contributed by atoms with Crippen LogP contribution in [-0.2, 0) is 9.53 Å². The van der Waals surface area contributed by atoms with Crippen molar-refractivity contribution in [3.8, 4) is 0 Å². The highest BCUT2D eigenvalue weighted by Gasteiger charge is 2.10. The molecule has 0 rings (SSSR count). The van der Waals surface area contributed by atoms with Crippen molar-refractivity contribution in [3.05, 3.63) is 12.2 Å². The SMILES string of the molecule is CC=CC(=O)OC(CCC)CCCC. The molecule has 0 aromatic rings. The molecule has 0 aromatic carbocycles. The van der Waals surface area contributed by atoms with Gasteiger partial charge in [-0.1, -0.05) is 39.2 Å². The summed E-state index contributed by atoms with van der Waals surface area (Å²) in [6, 6.07) is 0. The lowest BCUT2D eigenvalue weighted by atomic mass is 10.1. The van der Waals surface area contributed by atoms with Gasteiger partial charge < -0.3 is 4.74 Å². The first kappa shape index (κ1) is 13.2. The van der Waals surface area contributed by atoms with Crippen LogP contribution in [0, 0.1) is 0 Å². The minimum atomic E-state index is -0.206. The minimum Gasteiger partial charge on any atom is -0.459 e. The fourth-order valence-electron chi connectivity index (χ4n) is 1.36. The van der Waals surface area contributed by atoms with Crippen LogP contribution >= 0.6 is 0 Å². The Morgan fingerprint density at radius 2 is 2.00 bits per heavy atom. The van der Waals surface area contributed by atoms with Gasteiger partial charge in [0.05, 0.1) is 0 Å². The van der Waals surface area contributed by atoms with Crippen LogP contribution in [-0.4, -0.2) is 12.1 Å². The molecule has 0 N–H and O–H groups in total. The average Bonchev–Trinajstić information content (AvgIpc) is 2.15. The van der Waals surface area contributed by atoms with Gasteiger partial charge in [-0.25, -0.2) is 4.79 Å². The molecule has 0 bridgehead atoms. The van der Waals surface area contributed by atoms with Gasteiger partial charge in [0.25, 0.3) is 0 Å². The quantitative estimate of drug-likeness (QED) is 0.462. The molecule has 0 saturated carbocycles. The summed E-state index contributed by atoms with van der Waals surface area (Å²) < 4.78 is 5.31. The summed E-state index contributed by atoms with van der Waals surface area (Å²) in [7, 11) is 0. The summed E-state index contributed by atoms with van der Waals surface area (Å²) in [5.74, 6) is -0.206. The van der Waals surface area contributed by atoms with Gasteiger partial charge in [0.15, 0.2) is 0 Å². The second kappa shape index (κ2) is 8.79. The molecule has 14 heavy (non-hydrogen) atoms. The molecule has 0 aliphatic heterocycles. The lowest BCUT2D eigenvalue weighted by Crippen LogP contribution is -2.16. The predicted octanol–water partition coefficient (Wildman–Crippen LogP) is 3.46. The third kappa shape index (κ3) is 6.70. The zero-order chi connectivity index (χ0) is 10.8. The largest absolute Gasteiger partial charge is 0.459 e. The number of allylic oxidation sites excluding steroid dienone is 1. The van der Waals surface area contributed by atoms with E-state index in [1.54, 1.807) is 6.08 Å². The Labute approximate surface area is 87.3 Å². The maximum Gasteiger partial charge on any atom is 0.330 e. The fraction of sp³-hybridized carbons (Fsp3) is 0.750. The zero-order valence-electron chi connectivity index (χ0n) is 9.58. The van der Waals surface area contributed by atoms with E-state index in [0.717, 1.165) is 32.1 Å². The lowest BCUT2D eigenvalue weighted by molar-refractivity contribution is -0.143. The summed E-state index contributed by atoms with van der Waals surface area (Å²) in [5.41, 5.74) is 0. The highest BCUT2D eigenvalue weighted by atomic mass is 16.5. The topological polar surface area (TPSA) is 26.3 Å². The Bertz CT molecular complexity index is 173. The molecule has 0 aromatic heterocycles. The molecule has 82 valence electrons. The zero-order valence-corrected chi connectivity index (χ0v) is 9.58. The maximum absolute atomic E-state index is 11.2. The van der Waals surface area contributed by atoms with Crippen LogP contribution < -0.4 is 0 Å². The first-order valence-electron chi connectivity index (χ1n) is 5.57. The number of esters is 1. The van der Waals surface area contributed by atoms with Gasteiger partial charge in [-0.3, -0.25) is 0 Å². The van der Waals surface area contributed by atoms with E-state index in [9.17, 15) is 4.79 Å². The van der Waals surface area contributed by atoms with Crippen molar-refractivity contribution in [1.82, 2.24) is 0 Å². The van der Waals surface area contributed by atoms with Crippen molar-refractivity contribution in [1.29, 1.82) is 0 Å². The first-order valence-corrected chi connectivity index (χ1v) is 5.57. The van der Waals surface area contributed by atoms with Gasteiger partial charge in [-0.05, 0) is 19.8 Å². The van der Waals surface area contributed by atoms with Gasteiger partial charge in [-0.2, -0.15) is 0 Å². The molecule has 0 saturated heterocycles. The molecular formula is C12H22O2. The van der Waals surface area contributed by atoms with Gasteiger partial charge in [0.1, 0.15) is 6.10 Å². The molecule has 2 nitrogen and oxygen atoms in total. The normalized spacial score (nSPS) is 13.1. The molecule has 0 amide bonds. The van der Waals surface area contributed by atoms with E-state index in [0.29, 0.717) is 0 Å². The molecule has 0 aliphatic rings. The third-order valence-electron chi connectivity index (χ3n) is 2.08. The van der Waals surface area contributed by atoms with Crippen LogP contribution in [0.25, 0.3) is 0 Å². The summed E-state index contributed by atoms with van der Waals surface area (Å²) in [6.45, 7) is 6.08. The maximum atomic E-state index is 11.2. The smallest absolute Gasteiger partial charge is 0.330 e. The highest BCUT2D eigenvalue weighted by molar-refractivity contribution is 5.81. The second-order valence-electron chi connectivity index (χ2n) is 3.49. The van der Waals surface area contributed by atoms with Crippen molar-refractivity contribution < 1.29 is 9.53 Å². The Morgan fingerprint density at radius 3 is 2.50 bits per heavy atom. The number of rotatable bonds is 7. The monoisotopic (exact) mass is 198 g/mol. The fourth-order valence-corrected chi connectivity index (χ4v) is 1.36. The molecule has 1 atom stereocenters. The summed E-state index contributed by atoms with van der Waals surface area (Å²) in [5, 5.41) is 0. The van der Waals surface area contributed by atoms with E-state index in [4.69, 9.17) is 4.74 Å². The molecule has 0 radical (unpaired) electrons.